The van der Waals surface area contributed by atoms with Crippen molar-refractivity contribution in [3.8, 4) is 11.6 Å². The molecular formula is C16H20ClN3O. The van der Waals surface area contributed by atoms with Gasteiger partial charge in [-0.1, -0.05) is 32.4 Å². The molecule has 0 atom stereocenters. The van der Waals surface area contributed by atoms with Crippen LogP contribution in [0, 0.1) is 13.8 Å². The molecule has 0 aliphatic heterocycles. The topological polar surface area (TPSA) is 61.0 Å². The van der Waals surface area contributed by atoms with Crippen LogP contribution in [-0.4, -0.2) is 9.97 Å². The second-order valence-corrected chi connectivity index (χ2v) is 6.53. The quantitative estimate of drug-likeness (QED) is 0.892. The van der Waals surface area contributed by atoms with E-state index < -0.39 is 0 Å². The van der Waals surface area contributed by atoms with Gasteiger partial charge in [-0.2, -0.15) is 4.98 Å². The number of nitrogen functional groups attached to an aromatic ring is 1. The minimum Gasteiger partial charge on any atom is -0.439 e. The monoisotopic (exact) mass is 305 g/mol. The normalized spacial score (nSPS) is 11.5. The lowest BCUT2D eigenvalue weighted by atomic mass is 9.95. The molecule has 0 saturated carbocycles. The van der Waals surface area contributed by atoms with Crippen molar-refractivity contribution in [1.29, 1.82) is 0 Å². The zero-order valence-corrected chi connectivity index (χ0v) is 13.7. The van der Waals surface area contributed by atoms with E-state index >= 15 is 0 Å². The van der Waals surface area contributed by atoms with Crippen LogP contribution in [0.4, 0.5) is 5.82 Å². The highest BCUT2D eigenvalue weighted by atomic mass is 35.5. The number of rotatable bonds is 2. The number of aromatic nitrogens is 2. The molecule has 4 nitrogen and oxygen atoms in total. The predicted molar refractivity (Wildman–Crippen MR) is 86.1 cm³/mol. The summed E-state index contributed by atoms with van der Waals surface area (Å²) in [7, 11) is 0. The van der Waals surface area contributed by atoms with Crippen LogP contribution < -0.4 is 10.5 Å². The summed E-state index contributed by atoms with van der Waals surface area (Å²) in [6, 6.07) is 5.48. The highest BCUT2D eigenvalue weighted by Crippen LogP contribution is 2.30. The maximum Gasteiger partial charge on any atom is 0.227 e. The number of hydrogen-bond acceptors (Lipinski definition) is 4. The molecule has 112 valence electrons. The van der Waals surface area contributed by atoms with Crippen LogP contribution >= 0.6 is 11.6 Å². The Balaban J connectivity index is 2.43. The summed E-state index contributed by atoms with van der Waals surface area (Å²) in [6.45, 7) is 9.88. The van der Waals surface area contributed by atoms with E-state index in [1.54, 1.807) is 6.07 Å². The third-order valence-electron chi connectivity index (χ3n) is 3.15. The number of benzene rings is 1. The van der Waals surface area contributed by atoms with Crippen LogP contribution in [0.15, 0.2) is 18.2 Å². The molecule has 1 heterocycles. The third-order valence-corrected chi connectivity index (χ3v) is 3.58. The first-order valence-electron chi connectivity index (χ1n) is 6.77. The van der Waals surface area contributed by atoms with E-state index in [9.17, 15) is 0 Å². The maximum atomic E-state index is 6.02. The van der Waals surface area contributed by atoms with Crippen molar-refractivity contribution >= 4 is 17.4 Å². The Hall–Kier alpha value is -1.81. The Morgan fingerprint density at radius 3 is 2.38 bits per heavy atom. The van der Waals surface area contributed by atoms with Gasteiger partial charge in [0.1, 0.15) is 17.4 Å². The van der Waals surface area contributed by atoms with Gasteiger partial charge in [-0.25, -0.2) is 4.98 Å². The van der Waals surface area contributed by atoms with E-state index in [4.69, 9.17) is 22.1 Å². The zero-order valence-electron chi connectivity index (χ0n) is 13.0. The Kier molecular flexibility index (Phi) is 4.10. The van der Waals surface area contributed by atoms with Crippen LogP contribution in [0.3, 0.4) is 0 Å². The number of aryl methyl sites for hydroxylation is 1. The van der Waals surface area contributed by atoms with Gasteiger partial charge in [-0.05, 0) is 37.6 Å². The molecule has 0 spiro atoms. The van der Waals surface area contributed by atoms with Gasteiger partial charge < -0.3 is 10.5 Å². The highest BCUT2D eigenvalue weighted by molar-refractivity contribution is 6.31. The van der Waals surface area contributed by atoms with Crippen LogP contribution in [0.2, 0.25) is 5.02 Å². The summed E-state index contributed by atoms with van der Waals surface area (Å²) >= 11 is 6.02. The molecular weight excluding hydrogens is 286 g/mol. The molecule has 5 heteroatoms. The number of anilines is 1. The first-order valence-corrected chi connectivity index (χ1v) is 7.15. The van der Waals surface area contributed by atoms with Crippen LogP contribution in [0.5, 0.6) is 11.6 Å². The molecule has 1 aromatic carbocycles. The van der Waals surface area contributed by atoms with Crippen LogP contribution in [0.25, 0.3) is 0 Å². The molecule has 2 aromatic rings. The molecule has 2 N–H and O–H groups in total. The van der Waals surface area contributed by atoms with Gasteiger partial charge in [0, 0.05) is 10.4 Å². The van der Waals surface area contributed by atoms with Gasteiger partial charge in [0.25, 0.3) is 0 Å². The number of halogens is 1. The van der Waals surface area contributed by atoms with Crippen molar-refractivity contribution in [2.75, 3.05) is 5.73 Å². The zero-order chi connectivity index (χ0) is 15.8. The van der Waals surface area contributed by atoms with Gasteiger partial charge in [0.2, 0.25) is 5.88 Å². The number of hydrogen-bond donors (Lipinski definition) is 1. The molecule has 0 radical (unpaired) electrons. The average molecular weight is 306 g/mol. The molecule has 0 aliphatic rings. The van der Waals surface area contributed by atoms with Crippen LogP contribution in [0.1, 0.15) is 37.7 Å². The predicted octanol–water partition coefficient (Wildman–Crippen LogP) is 4.42. The molecule has 0 aliphatic carbocycles. The van der Waals surface area contributed by atoms with Gasteiger partial charge in [0.15, 0.2) is 0 Å². The molecule has 0 amide bonds. The average Bonchev–Trinajstić information content (AvgIpc) is 2.38. The first-order chi connectivity index (χ1) is 9.68. The lowest BCUT2D eigenvalue weighted by Crippen LogP contribution is -2.18. The molecule has 21 heavy (non-hydrogen) atoms. The van der Waals surface area contributed by atoms with Gasteiger partial charge in [-0.3, -0.25) is 0 Å². The summed E-state index contributed by atoms with van der Waals surface area (Å²) in [5.41, 5.74) is 7.46. The van der Waals surface area contributed by atoms with Crippen molar-refractivity contribution in [3.05, 3.63) is 40.2 Å². The molecule has 0 unspecified atom stereocenters. The summed E-state index contributed by atoms with van der Waals surface area (Å²) in [4.78, 5) is 8.85. The fourth-order valence-electron chi connectivity index (χ4n) is 1.74. The second-order valence-electron chi connectivity index (χ2n) is 6.13. The van der Waals surface area contributed by atoms with E-state index in [0.29, 0.717) is 28.3 Å². The molecule has 2 rings (SSSR count). The number of nitrogens with zero attached hydrogens (tertiary/aromatic N) is 2. The van der Waals surface area contributed by atoms with Gasteiger partial charge >= 0.3 is 0 Å². The summed E-state index contributed by atoms with van der Waals surface area (Å²) < 4.78 is 5.87. The fraction of sp³-hybridized carbons (Fsp3) is 0.375. The smallest absolute Gasteiger partial charge is 0.227 e. The highest BCUT2D eigenvalue weighted by Gasteiger charge is 2.21. The Morgan fingerprint density at radius 2 is 1.81 bits per heavy atom. The first kappa shape index (κ1) is 15.6. The fourth-order valence-corrected chi connectivity index (χ4v) is 1.86. The lowest BCUT2D eigenvalue weighted by Gasteiger charge is -2.19. The standard InChI is InChI=1S/C16H20ClN3O/c1-9-8-11(6-7-12(9)17)21-14-10(2)13(18)19-15(20-14)16(3,4)5/h6-8H,1-5H3,(H2,18,19,20). The molecule has 0 fully saturated rings. The Labute approximate surface area is 130 Å². The van der Waals surface area contributed by atoms with E-state index in [-0.39, 0.29) is 5.41 Å². The van der Waals surface area contributed by atoms with Crippen molar-refractivity contribution in [3.63, 3.8) is 0 Å². The van der Waals surface area contributed by atoms with E-state index in [1.807, 2.05) is 46.8 Å². The van der Waals surface area contributed by atoms with E-state index in [2.05, 4.69) is 9.97 Å². The molecule has 0 bridgehead atoms. The van der Waals surface area contributed by atoms with Crippen molar-refractivity contribution in [2.24, 2.45) is 0 Å². The minimum absolute atomic E-state index is 0.199. The van der Waals surface area contributed by atoms with E-state index in [0.717, 1.165) is 11.1 Å². The van der Waals surface area contributed by atoms with Crippen molar-refractivity contribution in [2.45, 2.75) is 40.0 Å². The SMILES string of the molecule is Cc1cc(Oc2nc(C(C)(C)C)nc(N)c2C)ccc1Cl. The summed E-state index contributed by atoms with van der Waals surface area (Å²) in [5.74, 6) is 2.26. The summed E-state index contributed by atoms with van der Waals surface area (Å²) in [5, 5.41) is 0.705. The van der Waals surface area contributed by atoms with Crippen molar-refractivity contribution < 1.29 is 4.74 Å². The third kappa shape index (κ3) is 3.45. The largest absolute Gasteiger partial charge is 0.439 e. The maximum absolute atomic E-state index is 6.02. The van der Waals surface area contributed by atoms with E-state index in [1.165, 1.54) is 0 Å². The second kappa shape index (κ2) is 5.53. The molecule has 0 saturated heterocycles. The summed E-state index contributed by atoms with van der Waals surface area (Å²) in [6.07, 6.45) is 0. The van der Waals surface area contributed by atoms with Crippen molar-refractivity contribution in [1.82, 2.24) is 9.97 Å². The Morgan fingerprint density at radius 1 is 1.14 bits per heavy atom. The van der Waals surface area contributed by atoms with Gasteiger partial charge in [0.05, 0.1) is 5.56 Å². The van der Waals surface area contributed by atoms with Crippen LogP contribution in [-0.2, 0) is 5.41 Å². The lowest BCUT2D eigenvalue weighted by molar-refractivity contribution is 0.442. The molecule has 1 aromatic heterocycles. The number of ether oxygens (including phenoxy) is 1. The Bertz CT molecular complexity index is 678. The number of nitrogens with two attached hydrogens (primary N) is 1. The van der Waals surface area contributed by atoms with Gasteiger partial charge in [-0.15, -0.1) is 0 Å². The minimum atomic E-state index is -0.199.